The molecular formula is C54H43AlBN5O3P. The van der Waals surface area contributed by atoms with E-state index >= 15 is 0 Å². The van der Waals surface area contributed by atoms with Crippen LogP contribution in [0.5, 0.6) is 17.2 Å². The van der Waals surface area contributed by atoms with Crippen molar-refractivity contribution in [1.29, 1.82) is 0 Å². The van der Waals surface area contributed by atoms with E-state index in [1.54, 1.807) is 18.6 Å². The molecule has 1 unspecified atom stereocenters. The Hall–Kier alpha value is -7.20. The van der Waals surface area contributed by atoms with Gasteiger partial charge in [0.05, 0.1) is 11.0 Å². The first-order chi connectivity index (χ1) is 32.0. The zero-order chi connectivity index (χ0) is 44.5. The molecule has 0 bridgehead atoms. The molecule has 1 atom stereocenters. The molecule has 0 spiro atoms. The second-order valence-electron chi connectivity index (χ2n) is 15.2. The number of benzene rings is 6. The van der Waals surface area contributed by atoms with E-state index in [2.05, 4.69) is 111 Å². The zero-order valence-corrected chi connectivity index (χ0v) is 38.5. The molecule has 0 saturated carbocycles. The van der Waals surface area contributed by atoms with E-state index in [0.717, 1.165) is 65.9 Å². The van der Waals surface area contributed by atoms with Crippen LogP contribution in [0.2, 0.25) is 6.82 Å². The minimum atomic E-state index is -2.86. The van der Waals surface area contributed by atoms with Crippen molar-refractivity contribution < 1.29 is 11.4 Å². The molecule has 6 aromatic carbocycles. The van der Waals surface area contributed by atoms with Crippen LogP contribution in [0.3, 0.4) is 0 Å². The average molecular weight is 879 g/mol. The number of hydrogen-bond donors (Lipinski definition) is 0. The van der Waals surface area contributed by atoms with Gasteiger partial charge in [-0.15, -0.1) is 0 Å². The van der Waals surface area contributed by atoms with Crippen LogP contribution in [0.15, 0.2) is 195 Å². The Morgan fingerprint density at radius 2 is 0.754 bits per heavy atom. The van der Waals surface area contributed by atoms with Crippen LogP contribution in [0.1, 0.15) is 11.4 Å². The van der Waals surface area contributed by atoms with Crippen molar-refractivity contribution >= 4 is 85.8 Å². The van der Waals surface area contributed by atoms with Gasteiger partial charge in [0.2, 0.25) is 0 Å². The maximum atomic E-state index is 6.41. The van der Waals surface area contributed by atoms with Gasteiger partial charge in [-0.1, -0.05) is 134 Å². The highest BCUT2D eigenvalue weighted by Crippen LogP contribution is 2.36. The van der Waals surface area contributed by atoms with Crippen LogP contribution in [-0.4, -0.2) is 47.1 Å². The van der Waals surface area contributed by atoms with Crippen LogP contribution in [0.4, 0.5) is 0 Å². The Morgan fingerprint density at radius 1 is 0.415 bits per heavy atom. The highest BCUT2D eigenvalue weighted by Gasteiger charge is 2.46. The molecule has 0 saturated heterocycles. The van der Waals surface area contributed by atoms with Crippen molar-refractivity contribution in [3.63, 3.8) is 0 Å². The number of fused-ring (bicyclic) bond motifs is 6. The molecule has 0 fully saturated rings. The van der Waals surface area contributed by atoms with E-state index in [1.165, 1.54) is 22.3 Å². The summed E-state index contributed by atoms with van der Waals surface area (Å²) in [5, 5.41) is 5.21. The molecule has 65 heavy (non-hydrogen) atoms. The molecule has 8 nitrogen and oxygen atoms in total. The maximum Gasteiger partial charge on any atom is 1.20 e. The van der Waals surface area contributed by atoms with Crippen molar-refractivity contribution in [1.82, 2.24) is 24.9 Å². The summed E-state index contributed by atoms with van der Waals surface area (Å²) in [7, 11) is 2.45. The molecule has 11 aromatic rings. The number of pyridine rings is 5. The third kappa shape index (κ3) is 9.67. The molecule has 11 heteroatoms. The monoisotopic (exact) mass is 878 g/mol. The van der Waals surface area contributed by atoms with Gasteiger partial charge in [0.1, 0.15) is 40.8 Å². The molecule has 0 aliphatic heterocycles. The van der Waals surface area contributed by atoms with Crippen molar-refractivity contribution in [2.24, 2.45) is 0 Å². The molecular weight excluding hydrogens is 835 g/mol. The SMILES string of the molecule is C[B]P.Cc1cc(-c2ccccc2)c2ccc3c(-c4ccccc4)cc(C)nc3c2n1.c1cnc2c([O][Al]([O]c3cccc4cccnc34)[O]c3cccc4cccnc34)cccc2c1. The second-order valence-corrected chi connectivity index (χ2v) is 17.1. The van der Waals surface area contributed by atoms with Crippen molar-refractivity contribution in [2.45, 2.75) is 20.7 Å². The summed E-state index contributed by atoms with van der Waals surface area (Å²) in [5.74, 6) is 1.82. The van der Waals surface area contributed by atoms with E-state index in [0.29, 0.717) is 17.2 Å². The van der Waals surface area contributed by atoms with E-state index in [1.807, 2.05) is 117 Å². The van der Waals surface area contributed by atoms with Crippen LogP contribution < -0.4 is 11.4 Å². The van der Waals surface area contributed by atoms with Crippen molar-refractivity contribution in [3.05, 3.63) is 206 Å². The van der Waals surface area contributed by atoms with Gasteiger partial charge in [0, 0.05) is 56.9 Å². The molecule has 0 aliphatic rings. The first-order valence-corrected chi connectivity index (χ1v) is 23.4. The molecule has 0 amide bonds. The quantitative estimate of drug-likeness (QED) is 0.0847. The predicted octanol–water partition coefficient (Wildman–Crippen LogP) is 13.1. The summed E-state index contributed by atoms with van der Waals surface area (Å²) >= 11 is -2.86. The lowest BCUT2D eigenvalue weighted by atomic mass is 9.95. The number of rotatable bonds is 8. The fraction of sp³-hybridized carbons (Fsp3) is 0.0556. The van der Waals surface area contributed by atoms with Gasteiger partial charge in [-0.05, 0) is 84.6 Å². The largest absolute Gasteiger partial charge is 1.20 e. The number of hydrogen-bond acceptors (Lipinski definition) is 8. The summed E-state index contributed by atoms with van der Waals surface area (Å²) in [5.41, 5.74) is 11.0. The number of aromatic nitrogens is 5. The van der Waals surface area contributed by atoms with Crippen molar-refractivity contribution in [2.75, 3.05) is 0 Å². The molecule has 0 N–H and O–H groups in total. The molecule has 5 aromatic heterocycles. The van der Waals surface area contributed by atoms with Crippen LogP contribution >= 0.6 is 9.12 Å². The lowest BCUT2D eigenvalue weighted by Gasteiger charge is -2.18. The standard InChI is InChI=1S/C26H20N2.3C9H7NO.CH5BP.Al/c1-17-15-23(19-9-5-3-6-10-19)21-13-14-22-24(20-11-7-4-8-12-20)16-18(2)28-26(22)25(21)27-17;3*11-8-5-1-3-7-4-2-6-10-9(7)8;1-2-3;/h3-16H,1-2H3;3*1-6,11H;3H2,1H3;/q;;;;;+3/p-3. The maximum absolute atomic E-state index is 6.41. The number of aryl methyl sites for hydroxylation is 2. The summed E-state index contributed by atoms with van der Waals surface area (Å²) in [6.07, 6.45) is 5.24. The minimum Gasteiger partial charge on any atom is -0.576 e. The fourth-order valence-corrected chi connectivity index (χ4v) is 9.18. The molecule has 5 heterocycles. The van der Waals surface area contributed by atoms with Crippen LogP contribution in [0, 0.1) is 13.8 Å². The Morgan fingerprint density at radius 3 is 1.11 bits per heavy atom. The summed E-state index contributed by atoms with van der Waals surface area (Å²) in [4.78, 5) is 23.3. The lowest BCUT2D eigenvalue weighted by molar-refractivity contribution is 0.311. The fourth-order valence-electron chi connectivity index (χ4n) is 7.84. The van der Waals surface area contributed by atoms with Crippen LogP contribution in [0.25, 0.3) is 76.8 Å². The Bertz CT molecular complexity index is 3110. The normalized spacial score (nSPS) is 10.8. The molecule has 313 valence electrons. The topological polar surface area (TPSA) is 92.1 Å². The predicted molar refractivity (Wildman–Crippen MR) is 272 cm³/mol. The van der Waals surface area contributed by atoms with Crippen molar-refractivity contribution in [3.8, 4) is 39.5 Å². The van der Waals surface area contributed by atoms with Gasteiger partial charge in [-0.3, -0.25) is 24.9 Å². The van der Waals surface area contributed by atoms with E-state index in [-0.39, 0.29) is 0 Å². The van der Waals surface area contributed by atoms with Gasteiger partial charge in [-0.2, -0.15) is 9.12 Å². The summed E-state index contributed by atoms with van der Waals surface area (Å²) < 4.78 is 19.2. The smallest absolute Gasteiger partial charge is 0.576 e. The second kappa shape index (κ2) is 20.1. The highest BCUT2D eigenvalue weighted by molar-refractivity contribution is 7.55. The Balaban J connectivity index is 0.000000157. The first kappa shape index (κ1) is 43.1. The van der Waals surface area contributed by atoms with E-state index in [4.69, 9.17) is 21.3 Å². The summed E-state index contributed by atoms with van der Waals surface area (Å²) in [6.45, 7) is 7.99. The van der Waals surface area contributed by atoms with Gasteiger partial charge in [-0.25, -0.2) is 0 Å². The van der Waals surface area contributed by atoms with E-state index in [9.17, 15) is 0 Å². The summed E-state index contributed by atoms with van der Waals surface area (Å²) in [6, 6.07) is 58.8. The first-order valence-electron chi connectivity index (χ1n) is 21.3. The molecule has 0 aliphatic carbocycles. The minimum absolute atomic E-state index is 0.608. The van der Waals surface area contributed by atoms with Gasteiger partial charge >= 0.3 is 15.1 Å². The molecule has 11 rings (SSSR count). The van der Waals surface area contributed by atoms with Crippen LogP contribution in [-0.2, 0) is 0 Å². The zero-order valence-electron chi connectivity index (χ0n) is 36.2. The average Bonchev–Trinajstić information content (AvgIpc) is 3.35. The van der Waals surface area contributed by atoms with Gasteiger partial charge < -0.3 is 11.4 Å². The third-order valence-corrected chi connectivity index (χ3v) is 12.0. The third-order valence-electron chi connectivity index (χ3n) is 10.6. The number of nitrogens with zero attached hydrogens (tertiary/aromatic N) is 5. The van der Waals surface area contributed by atoms with E-state index < -0.39 is 15.1 Å². The highest BCUT2D eigenvalue weighted by atomic mass is 31.0. The number of para-hydroxylation sites is 3. The lowest BCUT2D eigenvalue weighted by Crippen LogP contribution is -2.37. The Labute approximate surface area is 386 Å². The molecule has 1 radical (unpaired) electrons. The van der Waals surface area contributed by atoms with Gasteiger partial charge in [0.25, 0.3) is 0 Å². The van der Waals surface area contributed by atoms with Gasteiger partial charge in [0.15, 0.2) is 0 Å². The Kier molecular flexibility index (Phi) is 13.3.